The summed E-state index contributed by atoms with van der Waals surface area (Å²) in [6.45, 7) is 13.2. The molecule has 30 heavy (non-hydrogen) atoms. The fourth-order valence-corrected chi connectivity index (χ4v) is 3.74. The number of hydrogen-bond donors (Lipinski definition) is 3. The van der Waals surface area contributed by atoms with E-state index in [1.165, 1.54) is 0 Å². The van der Waals surface area contributed by atoms with E-state index in [0.29, 0.717) is 6.54 Å². The molecule has 1 aromatic heterocycles. The Morgan fingerprint density at radius 2 is 1.70 bits per heavy atom. The molecular formula is C21H40IN7O. The van der Waals surface area contributed by atoms with E-state index in [-0.39, 0.29) is 24.0 Å². The van der Waals surface area contributed by atoms with E-state index in [1.807, 2.05) is 6.07 Å². The largest absolute Gasteiger partial charge is 0.388 e. The predicted octanol–water partition coefficient (Wildman–Crippen LogP) is 2.10. The number of piperazine rings is 1. The maximum absolute atomic E-state index is 10.8. The van der Waals surface area contributed by atoms with Gasteiger partial charge in [-0.2, -0.15) is 0 Å². The summed E-state index contributed by atoms with van der Waals surface area (Å²) >= 11 is 0. The topological polar surface area (TPSA) is 88.9 Å². The molecule has 172 valence electrons. The van der Waals surface area contributed by atoms with Crippen LogP contribution < -0.4 is 15.5 Å². The number of guanidine groups is 1. The lowest BCUT2D eigenvalue weighted by Gasteiger charge is -2.34. The molecule has 0 spiro atoms. The first-order chi connectivity index (χ1) is 14.1. The summed E-state index contributed by atoms with van der Waals surface area (Å²) in [7, 11) is 0. The molecule has 1 saturated heterocycles. The van der Waals surface area contributed by atoms with E-state index < -0.39 is 5.60 Å². The third-order valence-corrected chi connectivity index (χ3v) is 5.23. The summed E-state index contributed by atoms with van der Waals surface area (Å²) in [6, 6.07) is 1.85. The van der Waals surface area contributed by atoms with Crippen LogP contribution in [0.5, 0.6) is 0 Å². The average Bonchev–Trinajstić information content (AvgIpc) is 2.73. The van der Waals surface area contributed by atoms with Crippen LogP contribution in [0.1, 0.15) is 46.5 Å². The summed E-state index contributed by atoms with van der Waals surface area (Å²) < 4.78 is 0. The first-order valence-electron chi connectivity index (χ1n) is 11.1. The second-order valence-electron chi connectivity index (χ2n) is 7.72. The van der Waals surface area contributed by atoms with Crippen LogP contribution in [0, 0.1) is 0 Å². The SMILES string of the molecule is CCCC(O)(CCC)CN=C(NCC)NCCN1CCN(c2ncccn2)CC1.I. The smallest absolute Gasteiger partial charge is 0.225 e. The summed E-state index contributed by atoms with van der Waals surface area (Å²) in [6.07, 6.45) is 7.11. The minimum Gasteiger partial charge on any atom is -0.388 e. The number of nitrogens with one attached hydrogen (secondary N) is 2. The second-order valence-corrected chi connectivity index (χ2v) is 7.72. The maximum atomic E-state index is 10.8. The molecule has 1 aliphatic heterocycles. The maximum Gasteiger partial charge on any atom is 0.225 e. The van der Waals surface area contributed by atoms with Crippen molar-refractivity contribution in [3.63, 3.8) is 0 Å². The number of aliphatic imine (C=N–C) groups is 1. The van der Waals surface area contributed by atoms with Gasteiger partial charge < -0.3 is 20.6 Å². The fourth-order valence-electron chi connectivity index (χ4n) is 3.74. The highest BCUT2D eigenvalue weighted by Crippen LogP contribution is 2.19. The molecule has 0 bridgehead atoms. The molecule has 2 heterocycles. The van der Waals surface area contributed by atoms with Crippen LogP contribution in [0.15, 0.2) is 23.5 Å². The molecule has 0 radical (unpaired) electrons. The summed E-state index contributed by atoms with van der Waals surface area (Å²) in [5.41, 5.74) is -0.693. The van der Waals surface area contributed by atoms with Gasteiger partial charge in [0.15, 0.2) is 5.96 Å². The van der Waals surface area contributed by atoms with E-state index in [9.17, 15) is 5.11 Å². The monoisotopic (exact) mass is 533 g/mol. The van der Waals surface area contributed by atoms with Crippen LogP contribution in [-0.4, -0.2) is 83.9 Å². The van der Waals surface area contributed by atoms with Gasteiger partial charge in [-0.3, -0.25) is 9.89 Å². The molecule has 0 atom stereocenters. The van der Waals surface area contributed by atoms with Gasteiger partial charge >= 0.3 is 0 Å². The Morgan fingerprint density at radius 1 is 1.07 bits per heavy atom. The molecule has 9 heteroatoms. The van der Waals surface area contributed by atoms with E-state index in [2.05, 4.69) is 56.2 Å². The average molecular weight is 534 g/mol. The molecule has 3 N–H and O–H groups in total. The molecule has 0 aliphatic carbocycles. The Labute approximate surface area is 199 Å². The molecule has 0 saturated carbocycles. The Hall–Kier alpha value is -1.20. The lowest BCUT2D eigenvalue weighted by molar-refractivity contribution is 0.0306. The van der Waals surface area contributed by atoms with Gasteiger partial charge in [-0.05, 0) is 25.8 Å². The predicted molar refractivity (Wildman–Crippen MR) is 135 cm³/mol. The quantitative estimate of drug-likeness (QED) is 0.228. The van der Waals surface area contributed by atoms with Gasteiger partial charge in [-0.25, -0.2) is 9.97 Å². The summed E-state index contributed by atoms with van der Waals surface area (Å²) in [5.74, 6) is 1.60. The minimum atomic E-state index is -0.693. The highest BCUT2D eigenvalue weighted by Gasteiger charge is 2.24. The molecular weight excluding hydrogens is 493 g/mol. The number of anilines is 1. The van der Waals surface area contributed by atoms with Crippen LogP contribution >= 0.6 is 24.0 Å². The lowest BCUT2D eigenvalue weighted by Crippen LogP contribution is -2.50. The van der Waals surface area contributed by atoms with Crippen molar-refractivity contribution in [3.05, 3.63) is 18.5 Å². The van der Waals surface area contributed by atoms with Crippen LogP contribution in [-0.2, 0) is 0 Å². The second kappa shape index (κ2) is 14.7. The Kier molecular flexibility index (Phi) is 13.2. The van der Waals surface area contributed by atoms with Crippen molar-refractivity contribution >= 4 is 35.9 Å². The molecule has 8 nitrogen and oxygen atoms in total. The van der Waals surface area contributed by atoms with Crippen molar-refractivity contribution in [2.24, 2.45) is 4.99 Å². The van der Waals surface area contributed by atoms with Crippen LogP contribution in [0.3, 0.4) is 0 Å². The van der Waals surface area contributed by atoms with Gasteiger partial charge in [0, 0.05) is 58.2 Å². The van der Waals surface area contributed by atoms with E-state index in [0.717, 1.165) is 83.4 Å². The van der Waals surface area contributed by atoms with Crippen LogP contribution in [0.2, 0.25) is 0 Å². The van der Waals surface area contributed by atoms with Crippen molar-refractivity contribution in [2.75, 3.05) is 57.3 Å². The van der Waals surface area contributed by atoms with Crippen LogP contribution in [0.4, 0.5) is 5.95 Å². The fraction of sp³-hybridized carbons (Fsp3) is 0.762. The zero-order valence-corrected chi connectivity index (χ0v) is 21.1. The first kappa shape index (κ1) is 26.8. The molecule has 1 aromatic rings. The third kappa shape index (κ3) is 9.30. The molecule has 1 fully saturated rings. The van der Waals surface area contributed by atoms with Gasteiger partial charge in [0.2, 0.25) is 5.95 Å². The number of rotatable bonds is 11. The van der Waals surface area contributed by atoms with Crippen molar-refractivity contribution < 1.29 is 5.11 Å². The number of aromatic nitrogens is 2. The number of nitrogens with zero attached hydrogens (tertiary/aromatic N) is 5. The van der Waals surface area contributed by atoms with Gasteiger partial charge in [0.1, 0.15) is 0 Å². The molecule has 1 aliphatic rings. The zero-order valence-electron chi connectivity index (χ0n) is 18.8. The Balaban J connectivity index is 0.00000450. The highest BCUT2D eigenvalue weighted by molar-refractivity contribution is 14.0. The van der Waals surface area contributed by atoms with Crippen LogP contribution in [0.25, 0.3) is 0 Å². The first-order valence-corrected chi connectivity index (χ1v) is 11.1. The van der Waals surface area contributed by atoms with E-state index >= 15 is 0 Å². The molecule has 0 unspecified atom stereocenters. The normalized spacial score (nSPS) is 15.6. The van der Waals surface area contributed by atoms with Gasteiger partial charge in [-0.15, -0.1) is 24.0 Å². The number of hydrogen-bond acceptors (Lipinski definition) is 6. The van der Waals surface area contributed by atoms with Crippen molar-refractivity contribution in [3.8, 4) is 0 Å². The van der Waals surface area contributed by atoms with Crippen molar-refractivity contribution in [1.82, 2.24) is 25.5 Å². The number of aliphatic hydroxyl groups is 1. The zero-order chi connectivity index (χ0) is 21.0. The third-order valence-electron chi connectivity index (χ3n) is 5.23. The summed E-state index contributed by atoms with van der Waals surface area (Å²) in [5, 5.41) is 17.5. The Bertz CT molecular complexity index is 588. The molecule has 0 amide bonds. The van der Waals surface area contributed by atoms with Gasteiger partial charge in [0.05, 0.1) is 12.1 Å². The van der Waals surface area contributed by atoms with E-state index in [1.54, 1.807) is 12.4 Å². The number of halogens is 1. The summed E-state index contributed by atoms with van der Waals surface area (Å²) in [4.78, 5) is 18.0. The standard InChI is InChI=1S/C21H39N7O.HI/c1-4-8-21(29,9-5-2)18-26-19(22-6-3)23-12-13-27-14-16-28(17-15-27)20-24-10-7-11-25-20;/h7,10-11,29H,4-6,8-9,12-18H2,1-3H3,(H2,22,23,26);1H. The minimum absolute atomic E-state index is 0. The van der Waals surface area contributed by atoms with Gasteiger partial charge in [0.25, 0.3) is 0 Å². The molecule has 2 rings (SSSR count). The molecule has 0 aromatic carbocycles. The van der Waals surface area contributed by atoms with Crippen molar-refractivity contribution in [1.29, 1.82) is 0 Å². The Morgan fingerprint density at radius 3 is 2.27 bits per heavy atom. The lowest BCUT2D eigenvalue weighted by atomic mass is 9.93. The van der Waals surface area contributed by atoms with Crippen molar-refractivity contribution in [2.45, 2.75) is 52.1 Å². The van der Waals surface area contributed by atoms with Gasteiger partial charge in [-0.1, -0.05) is 26.7 Å². The highest BCUT2D eigenvalue weighted by atomic mass is 127. The van der Waals surface area contributed by atoms with E-state index in [4.69, 9.17) is 0 Å².